The van der Waals surface area contributed by atoms with E-state index in [1.165, 1.54) is 64.5 Å². The summed E-state index contributed by atoms with van der Waals surface area (Å²) in [6.45, 7) is 6.78. The van der Waals surface area contributed by atoms with Crippen LogP contribution < -0.4 is 0 Å². The highest BCUT2D eigenvalue weighted by atomic mass is 16.5. The third-order valence-electron chi connectivity index (χ3n) is 10.5. The van der Waals surface area contributed by atoms with Gasteiger partial charge in [0.15, 0.2) is 0 Å². The van der Waals surface area contributed by atoms with Crippen molar-refractivity contribution < 1.29 is 4.74 Å². The lowest BCUT2D eigenvalue weighted by Gasteiger charge is -2.39. The molecule has 1 saturated carbocycles. The molecule has 0 bridgehead atoms. The zero-order valence-corrected chi connectivity index (χ0v) is 23.5. The fourth-order valence-corrected chi connectivity index (χ4v) is 8.17. The lowest BCUT2D eigenvalue weighted by molar-refractivity contribution is 0.0500. The molecule has 4 aromatic rings. The summed E-state index contributed by atoms with van der Waals surface area (Å²) < 4.78 is 9.28. The SMILES string of the molecule is C=C(/N=C(/c1ccccc1)c1ccccc1C)n1c2c(c3cc4c(cc31)CC4)C1OC3C=C4CCC4CC3C1C=C2. The molecule has 5 atom stereocenters. The third kappa shape index (κ3) is 3.45. The van der Waals surface area contributed by atoms with Gasteiger partial charge in [0.2, 0.25) is 0 Å². The molecule has 2 fully saturated rings. The van der Waals surface area contributed by atoms with E-state index in [9.17, 15) is 0 Å². The van der Waals surface area contributed by atoms with Crippen molar-refractivity contribution >= 4 is 28.5 Å². The molecule has 202 valence electrons. The molecule has 5 aliphatic rings. The molecule has 0 N–H and O–H groups in total. The predicted octanol–water partition coefficient (Wildman–Crippen LogP) is 8.45. The van der Waals surface area contributed by atoms with E-state index in [-0.39, 0.29) is 12.2 Å². The second kappa shape index (κ2) is 8.77. The smallest absolute Gasteiger partial charge is 0.131 e. The van der Waals surface area contributed by atoms with Gasteiger partial charge < -0.3 is 4.74 Å². The van der Waals surface area contributed by atoms with Crippen molar-refractivity contribution in [1.29, 1.82) is 0 Å². The van der Waals surface area contributed by atoms with Crippen molar-refractivity contribution in [2.75, 3.05) is 0 Å². The highest BCUT2D eigenvalue weighted by molar-refractivity contribution is 6.15. The Bertz CT molecular complexity index is 1850. The van der Waals surface area contributed by atoms with Crippen LogP contribution >= 0.6 is 0 Å². The Balaban J connectivity index is 1.22. The first kappa shape index (κ1) is 23.7. The van der Waals surface area contributed by atoms with Crippen LogP contribution in [0.5, 0.6) is 0 Å². The van der Waals surface area contributed by atoms with Gasteiger partial charge in [0, 0.05) is 28.0 Å². The molecule has 4 aliphatic carbocycles. The summed E-state index contributed by atoms with van der Waals surface area (Å²) in [5, 5.41) is 1.32. The predicted molar refractivity (Wildman–Crippen MR) is 167 cm³/mol. The molecule has 0 amide bonds. The monoisotopic (exact) mass is 534 g/mol. The number of allylic oxidation sites excluding steroid dienone is 1. The van der Waals surface area contributed by atoms with Crippen molar-refractivity contribution in [3.05, 3.63) is 130 Å². The molecule has 1 saturated heterocycles. The van der Waals surface area contributed by atoms with E-state index in [1.807, 2.05) is 0 Å². The summed E-state index contributed by atoms with van der Waals surface area (Å²) in [4.78, 5) is 5.34. The average molecular weight is 535 g/mol. The highest BCUT2D eigenvalue weighted by Gasteiger charge is 2.50. The van der Waals surface area contributed by atoms with E-state index >= 15 is 0 Å². The molecule has 3 heteroatoms. The minimum absolute atomic E-state index is 0.0861. The van der Waals surface area contributed by atoms with Gasteiger partial charge in [0.05, 0.1) is 29.1 Å². The molecule has 3 nitrogen and oxygen atoms in total. The van der Waals surface area contributed by atoms with Crippen LogP contribution in [-0.4, -0.2) is 16.4 Å². The second-order valence-electron chi connectivity index (χ2n) is 12.7. The maximum atomic E-state index is 6.97. The topological polar surface area (TPSA) is 26.5 Å². The second-order valence-corrected chi connectivity index (χ2v) is 12.7. The van der Waals surface area contributed by atoms with Crippen LogP contribution in [0.2, 0.25) is 0 Å². The Kier molecular flexibility index (Phi) is 5.08. The van der Waals surface area contributed by atoms with Gasteiger partial charge in [-0.15, -0.1) is 0 Å². The van der Waals surface area contributed by atoms with Gasteiger partial charge in [-0.25, -0.2) is 4.99 Å². The van der Waals surface area contributed by atoms with Crippen LogP contribution in [0.3, 0.4) is 0 Å². The first-order valence-electron chi connectivity index (χ1n) is 15.3. The number of aryl methyl sites for hydroxylation is 3. The van der Waals surface area contributed by atoms with Gasteiger partial charge in [-0.2, -0.15) is 0 Å². The maximum absolute atomic E-state index is 6.97. The number of ether oxygens (including phenoxy) is 1. The Morgan fingerprint density at radius 2 is 1.78 bits per heavy atom. The number of benzene rings is 3. The maximum Gasteiger partial charge on any atom is 0.131 e. The summed E-state index contributed by atoms with van der Waals surface area (Å²) in [5.74, 6) is 2.55. The fourth-order valence-electron chi connectivity index (χ4n) is 8.17. The zero-order chi connectivity index (χ0) is 27.2. The minimum Gasteiger partial charge on any atom is -0.365 e. The fraction of sp³-hybridized carbons (Fsp3) is 0.289. The summed E-state index contributed by atoms with van der Waals surface area (Å²) in [5.41, 5.74) is 12.7. The van der Waals surface area contributed by atoms with Gasteiger partial charge in [-0.1, -0.05) is 78.9 Å². The molecular weight excluding hydrogens is 500 g/mol. The quantitative estimate of drug-likeness (QED) is 0.191. The van der Waals surface area contributed by atoms with Crippen molar-refractivity contribution in [3.8, 4) is 0 Å². The van der Waals surface area contributed by atoms with Crippen LogP contribution in [0.4, 0.5) is 0 Å². The van der Waals surface area contributed by atoms with Crippen LogP contribution in [0.25, 0.3) is 22.8 Å². The molecule has 41 heavy (non-hydrogen) atoms. The number of rotatable bonds is 4. The number of hydrogen-bond donors (Lipinski definition) is 0. The molecule has 2 heterocycles. The zero-order valence-electron chi connectivity index (χ0n) is 23.5. The molecule has 1 aromatic heterocycles. The standard InChI is InChI=1S/C38H34N2O/c1-22-8-6-7-11-29(22)37(24-9-4-3-5-10-24)39-23(2)40-33-17-16-30-31-18-25-13-15-28(25)21-35(31)41-38(30)36(33)32-19-26-12-14-27(26)20-34(32)40/h3-11,16-17,19-21,25,30-31,35,38H,2,12-15,18H2,1H3/b39-37-. The van der Waals surface area contributed by atoms with Gasteiger partial charge in [-0.05, 0) is 85.8 Å². The van der Waals surface area contributed by atoms with Crippen LogP contribution in [0.1, 0.15) is 64.4 Å². The summed E-state index contributed by atoms with van der Waals surface area (Å²) in [6, 6.07) is 23.9. The van der Waals surface area contributed by atoms with E-state index in [0.29, 0.717) is 11.8 Å². The Hall–Kier alpha value is -3.95. The number of aromatic nitrogens is 1. The van der Waals surface area contributed by atoms with Gasteiger partial charge in [0.1, 0.15) is 5.82 Å². The number of nitrogens with zero attached hydrogens (tertiary/aromatic N) is 2. The van der Waals surface area contributed by atoms with Crippen molar-refractivity contribution in [2.24, 2.45) is 22.7 Å². The number of aliphatic imine (C=N–C) groups is 1. The van der Waals surface area contributed by atoms with E-state index in [0.717, 1.165) is 35.0 Å². The van der Waals surface area contributed by atoms with Gasteiger partial charge >= 0.3 is 0 Å². The first-order chi connectivity index (χ1) is 20.1. The lowest BCUT2D eigenvalue weighted by Crippen LogP contribution is -2.32. The van der Waals surface area contributed by atoms with Crippen molar-refractivity contribution in [1.82, 2.24) is 4.57 Å². The van der Waals surface area contributed by atoms with Crippen LogP contribution in [0.15, 0.2) is 96.0 Å². The first-order valence-corrected chi connectivity index (χ1v) is 15.3. The molecule has 0 radical (unpaired) electrons. The minimum atomic E-state index is 0.0861. The van der Waals surface area contributed by atoms with Gasteiger partial charge in [0.25, 0.3) is 0 Å². The van der Waals surface area contributed by atoms with E-state index in [1.54, 1.807) is 5.57 Å². The van der Waals surface area contributed by atoms with Crippen LogP contribution in [-0.2, 0) is 17.6 Å². The molecule has 1 aliphatic heterocycles. The molecule has 9 rings (SSSR count). The molecule has 5 unspecified atom stereocenters. The summed E-state index contributed by atoms with van der Waals surface area (Å²) in [7, 11) is 0. The van der Waals surface area contributed by atoms with Crippen molar-refractivity contribution in [2.45, 2.75) is 51.2 Å². The average Bonchev–Trinajstić information content (AvgIpc) is 3.49. The van der Waals surface area contributed by atoms with E-state index in [4.69, 9.17) is 9.73 Å². The summed E-state index contributed by atoms with van der Waals surface area (Å²) >= 11 is 0. The Morgan fingerprint density at radius 1 is 0.976 bits per heavy atom. The van der Waals surface area contributed by atoms with E-state index in [2.05, 4.69) is 103 Å². The largest absolute Gasteiger partial charge is 0.365 e. The Labute approximate surface area is 241 Å². The summed E-state index contributed by atoms with van der Waals surface area (Å²) in [6.07, 6.45) is 13.8. The molecular formula is C38H34N2O. The highest BCUT2D eigenvalue weighted by Crippen LogP contribution is 2.57. The number of hydrogen-bond acceptors (Lipinski definition) is 2. The van der Waals surface area contributed by atoms with Crippen LogP contribution in [0, 0.1) is 24.7 Å². The third-order valence-corrected chi connectivity index (χ3v) is 10.5. The van der Waals surface area contributed by atoms with Gasteiger partial charge in [-0.3, -0.25) is 4.57 Å². The van der Waals surface area contributed by atoms with Crippen molar-refractivity contribution in [3.63, 3.8) is 0 Å². The molecule has 3 aromatic carbocycles. The normalized spacial score (nSPS) is 27.1. The number of fused-ring (bicyclic) bond motifs is 9. The lowest BCUT2D eigenvalue weighted by atomic mass is 9.65. The van der Waals surface area contributed by atoms with E-state index < -0.39 is 0 Å². The Morgan fingerprint density at radius 3 is 2.56 bits per heavy atom. The molecule has 0 spiro atoms.